The van der Waals surface area contributed by atoms with Gasteiger partial charge in [-0.2, -0.15) is 5.26 Å². The van der Waals surface area contributed by atoms with Crippen LogP contribution >= 0.6 is 0 Å². The van der Waals surface area contributed by atoms with Crippen LogP contribution in [0.2, 0.25) is 0 Å². The van der Waals surface area contributed by atoms with Gasteiger partial charge < -0.3 is 0 Å². The van der Waals surface area contributed by atoms with Crippen molar-refractivity contribution in [2.24, 2.45) is 0 Å². The Hall–Kier alpha value is -0.630. The summed E-state index contributed by atoms with van der Waals surface area (Å²) in [5.41, 5.74) is -0.259. The second kappa shape index (κ2) is 6.01. The van der Waals surface area contributed by atoms with Crippen molar-refractivity contribution < 1.29 is 0 Å². The van der Waals surface area contributed by atoms with Crippen molar-refractivity contribution in [3.05, 3.63) is 0 Å². The van der Waals surface area contributed by atoms with E-state index in [1.54, 1.807) is 0 Å². The third-order valence-corrected chi connectivity index (χ3v) is 5.59. The zero-order chi connectivity index (χ0) is 14.0. The van der Waals surface area contributed by atoms with Crippen molar-refractivity contribution in [2.75, 3.05) is 32.7 Å². The molecule has 4 nitrogen and oxygen atoms in total. The summed E-state index contributed by atoms with van der Waals surface area (Å²) < 4.78 is 0. The maximum atomic E-state index is 9.60. The Bertz CT molecular complexity index is 373. The van der Waals surface area contributed by atoms with Gasteiger partial charge in [-0.15, -0.1) is 0 Å². The Morgan fingerprint density at radius 2 is 1.95 bits per heavy atom. The first-order chi connectivity index (χ1) is 9.76. The molecule has 3 atom stereocenters. The average Bonchev–Trinajstić information content (AvgIpc) is 2.95. The van der Waals surface area contributed by atoms with Gasteiger partial charge in [-0.3, -0.25) is 15.1 Å². The van der Waals surface area contributed by atoms with Gasteiger partial charge in [0.25, 0.3) is 0 Å². The summed E-state index contributed by atoms with van der Waals surface area (Å²) in [6.07, 6.45) is 7.27. The molecule has 3 rings (SSSR count). The van der Waals surface area contributed by atoms with Crippen LogP contribution in [0.25, 0.3) is 0 Å². The zero-order valence-electron chi connectivity index (χ0n) is 12.8. The smallest absolute Gasteiger partial charge is 0.108 e. The summed E-state index contributed by atoms with van der Waals surface area (Å²) in [6.45, 7) is 7.99. The van der Waals surface area contributed by atoms with E-state index < -0.39 is 0 Å². The van der Waals surface area contributed by atoms with Crippen LogP contribution in [0.4, 0.5) is 0 Å². The van der Waals surface area contributed by atoms with Gasteiger partial charge in [0.1, 0.15) is 5.54 Å². The van der Waals surface area contributed by atoms with Crippen LogP contribution in [0.1, 0.15) is 45.4 Å². The van der Waals surface area contributed by atoms with Crippen molar-refractivity contribution in [3.63, 3.8) is 0 Å². The Balaban J connectivity index is 1.63. The molecule has 1 saturated carbocycles. The highest BCUT2D eigenvalue weighted by Crippen LogP contribution is 2.33. The third-order valence-electron chi connectivity index (χ3n) is 5.59. The Kier molecular flexibility index (Phi) is 4.30. The molecule has 0 bridgehead atoms. The monoisotopic (exact) mass is 276 g/mol. The summed E-state index contributed by atoms with van der Waals surface area (Å²) in [6, 6.07) is 3.99. The number of nitrogens with zero attached hydrogens (tertiary/aromatic N) is 3. The lowest BCUT2D eigenvalue weighted by Gasteiger charge is -2.46. The van der Waals surface area contributed by atoms with Gasteiger partial charge in [0.15, 0.2) is 0 Å². The van der Waals surface area contributed by atoms with E-state index in [1.165, 1.54) is 51.9 Å². The fraction of sp³-hybridized carbons (Fsp3) is 0.938. The maximum Gasteiger partial charge on any atom is 0.108 e. The Labute approximate surface area is 123 Å². The fourth-order valence-electron chi connectivity index (χ4n) is 4.54. The largest absolute Gasteiger partial charge is 0.300 e. The molecule has 3 aliphatic rings. The van der Waals surface area contributed by atoms with Crippen molar-refractivity contribution in [2.45, 2.75) is 63.1 Å². The molecule has 20 heavy (non-hydrogen) atoms. The molecule has 3 unspecified atom stereocenters. The minimum absolute atomic E-state index is 0.259. The van der Waals surface area contributed by atoms with E-state index in [-0.39, 0.29) is 5.54 Å². The minimum atomic E-state index is -0.259. The lowest BCUT2D eigenvalue weighted by Crippen LogP contribution is -2.58. The van der Waals surface area contributed by atoms with Gasteiger partial charge in [-0.05, 0) is 51.6 Å². The maximum absolute atomic E-state index is 9.60. The summed E-state index contributed by atoms with van der Waals surface area (Å²) in [7, 11) is 0. The van der Waals surface area contributed by atoms with Gasteiger partial charge in [0.05, 0.1) is 6.07 Å². The summed E-state index contributed by atoms with van der Waals surface area (Å²) >= 11 is 0. The second-order valence-corrected chi connectivity index (χ2v) is 6.80. The molecule has 2 saturated heterocycles. The fourth-order valence-corrected chi connectivity index (χ4v) is 4.54. The topological polar surface area (TPSA) is 42.3 Å². The van der Waals surface area contributed by atoms with E-state index in [1.807, 2.05) is 0 Å². The molecule has 1 N–H and O–H groups in total. The SMILES string of the molecule is CCNC1(C#N)CCCC(N2CCN3CCCC3C2)C1. The van der Waals surface area contributed by atoms with E-state index >= 15 is 0 Å². The molecule has 2 heterocycles. The molecule has 2 aliphatic heterocycles. The van der Waals surface area contributed by atoms with Crippen molar-refractivity contribution in [1.29, 1.82) is 5.26 Å². The lowest BCUT2D eigenvalue weighted by molar-refractivity contribution is 0.0444. The molecule has 1 aliphatic carbocycles. The van der Waals surface area contributed by atoms with E-state index in [4.69, 9.17) is 0 Å². The van der Waals surface area contributed by atoms with Crippen molar-refractivity contribution in [3.8, 4) is 6.07 Å². The molecule has 4 heteroatoms. The highest BCUT2D eigenvalue weighted by molar-refractivity contribution is 5.11. The molecule has 0 amide bonds. The van der Waals surface area contributed by atoms with Gasteiger partial charge in [0, 0.05) is 31.7 Å². The molecule has 0 aromatic rings. The molecule has 0 radical (unpaired) electrons. The molecular weight excluding hydrogens is 248 g/mol. The molecule has 3 fully saturated rings. The third kappa shape index (κ3) is 2.72. The van der Waals surface area contributed by atoms with Gasteiger partial charge in [-0.1, -0.05) is 6.92 Å². The molecular formula is C16H28N4. The van der Waals surface area contributed by atoms with E-state index in [2.05, 4.69) is 28.1 Å². The van der Waals surface area contributed by atoms with Crippen LogP contribution in [0.5, 0.6) is 0 Å². The number of nitrogens with one attached hydrogen (secondary N) is 1. The first kappa shape index (κ1) is 14.3. The second-order valence-electron chi connectivity index (χ2n) is 6.80. The highest BCUT2D eigenvalue weighted by atomic mass is 15.3. The molecule has 0 aromatic heterocycles. The Morgan fingerprint density at radius 3 is 2.75 bits per heavy atom. The zero-order valence-corrected chi connectivity index (χ0v) is 12.8. The van der Waals surface area contributed by atoms with Crippen molar-refractivity contribution >= 4 is 0 Å². The van der Waals surface area contributed by atoms with Gasteiger partial charge in [0.2, 0.25) is 0 Å². The summed E-state index contributed by atoms with van der Waals surface area (Å²) in [5.74, 6) is 0. The predicted molar refractivity (Wildman–Crippen MR) is 80.4 cm³/mol. The van der Waals surface area contributed by atoms with E-state index in [9.17, 15) is 5.26 Å². The van der Waals surface area contributed by atoms with Crippen LogP contribution < -0.4 is 5.32 Å². The first-order valence-electron chi connectivity index (χ1n) is 8.41. The number of piperazine rings is 1. The van der Waals surface area contributed by atoms with Gasteiger partial charge in [-0.25, -0.2) is 0 Å². The number of nitriles is 1. The predicted octanol–water partition coefficient (Wildman–Crippen LogP) is 1.58. The quantitative estimate of drug-likeness (QED) is 0.850. The normalized spacial score (nSPS) is 39.4. The Morgan fingerprint density at radius 1 is 1.15 bits per heavy atom. The average molecular weight is 276 g/mol. The number of rotatable bonds is 3. The first-order valence-corrected chi connectivity index (χ1v) is 8.41. The highest BCUT2D eigenvalue weighted by Gasteiger charge is 2.40. The molecule has 0 aromatic carbocycles. The number of hydrogen-bond donors (Lipinski definition) is 1. The van der Waals surface area contributed by atoms with Crippen LogP contribution in [-0.2, 0) is 0 Å². The van der Waals surface area contributed by atoms with Gasteiger partial charge >= 0.3 is 0 Å². The molecule has 0 spiro atoms. The van der Waals surface area contributed by atoms with E-state index in [0.29, 0.717) is 6.04 Å². The standard InChI is InChI=1S/C16H28N4/c1-2-18-16(13-17)7-3-5-14(11-16)20-10-9-19-8-4-6-15(19)12-20/h14-15,18H,2-12H2,1H3. The molecule has 112 valence electrons. The van der Waals surface area contributed by atoms with Crippen LogP contribution in [0, 0.1) is 11.3 Å². The number of hydrogen-bond acceptors (Lipinski definition) is 4. The number of fused-ring (bicyclic) bond motifs is 1. The summed E-state index contributed by atoms with van der Waals surface area (Å²) in [5, 5.41) is 13.1. The van der Waals surface area contributed by atoms with Crippen LogP contribution in [-0.4, -0.2) is 60.1 Å². The van der Waals surface area contributed by atoms with E-state index in [0.717, 1.165) is 25.4 Å². The van der Waals surface area contributed by atoms with Crippen molar-refractivity contribution in [1.82, 2.24) is 15.1 Å². The summed E-state index contributed by atoms with van der Waals surface area (Å²) in [4.78, 5) is 5.36. The van der Waals surface area contributed by atoms with Crippen LogP contribution in [0.3, 0.4) is 0 Å². The van der Waals surface area contributed by atoms with Crippen LogP contribution in [0.15, 0.2) is 0 Å². The lowest BCUT2D eigenvalue weighted by atomic mass is 9.79. The minimum Gasteiger partial charge on any atom is -0.300 e.